The standard InChI is InChI=1S/C17H19N3/c1-2-3-8-13-20-16-11-5-4-9-14(16)19-17(20)15-10-6-7-12-18-15/h4-7,9-12H,2-3,8,13H2,1H3. The van der Waals surface area contributed by atoms with Crippen LogP contribution in [0, 0.1) is 0 Å². The lowest BCUT2D eigenvalue weighted by Crippen LogP contribution is -2.01. The van der Waals surface area contributed by atoms with Gasteiger partial charge in [0.15, 0.2) is 5.82 Å². The van der Waals surface area contributed by atoms with Crippen LogP contribution in [0.25, 0.3) is 22.6 Å². The quantitative estimate of drug-likeness (QED) is 0.644. The number of benzene rings is 1. The zero-order valence-corrected chi connectivity index (χ0v) is 11.8. The first-order chi connectivity index (χ1) is 9.90. The van der Waals surface area contributed by atoms with Crippen molar-refractivity contribution in [1.82, 2.24) is 14.5 Å². The molecule has 0 aliphatic carbocycles. The third-order valence-electron chi connectivity index (χ3n) is 3.53. The molecule has 0 unspecified atom stereocenters. The number of hydrogen-bond donors (Lipinski definition) is 0. The van der Waals surface area contributed by atoms with E-state index in [0.29, 0.717) is 0 Å². The van der Waals surface area contributed by atoms with Crippen LogP contribution in [0.4, 0.5) is 0 Å². The molecule has 0 spiro atoms. The topological polar surface area (TPSA) is 30.7 Å². The van der Waals surface area contributed by atoms with E-state index >= 15 is 0 Å². The van der Waals surface area contributed by atoms with Crippen molar-refractivity contribution in [3.8, 4) is 11.5 Å². The maximum atomic E-state index is 4.76. The van der Waals surface area contributed by atoms with Crippen molar-refractivity contribution >= 4 is 11.0 Å². The summed E-state index contributed by atoms with van der Waals surface area (Å²) in [5.74, 6) is 0.975. The van der Waals surface area contributed by atoms with Gasteiger partial charge >= 0.3 is 0 Å². The highest BCUT2D eigenvalue weighted by Gasteiger charge is 2.12. The number of fused-ring (bicyclic) bond motifs is 1. The summed E-state index contributed by atoms with van der Waals surface area (Å²) in [6, 6.07) is 14.3. The minimum Gasteiger partial charge on any atom is -0.323 e. The number of imidazole rings is 1. The third kappa shape index (κ3) is 2.44. The molecule has 0 bridgehead atoms. The normalized spacial score (nSPS) is 11.1. The van der Waals surface area contributed by atoms with Crippen molar-refractivity contribution in [2.75, 3.05) is 0 Å². The lowest BCUT2D eigenvalue weighted by atomic mass is 10.2. The van der Waals surface area contributed by atoms with Crippen molar-refractivity contribution < 1.29 is 0 Å². The highest BCUT2D eigenvalue weighted by Crippen LogP contribution is 2.23. The molecular formula is C17H19N3. The molecule has 0 aliphatic rings. The predicted molar refractivity (Wildman–Crippen MR) is 82.5 cm³/mol. The summed E-state index contributed by atoms with van der Waals surface area (Å²) in [4.78, 5) is 9.21. The van der Waals surface area contributed by atoms with E-state index in [1.54, 1.807) is 0 Å². The second-order valence-electron chi connectivity index (χ2n) is 5.00. The molecule has 0 saturated heterocycles. The van der Waals surface area contributed by atoms with Crippen molar-refractivity contribution in [2.24, 2.45) is 0 Å². The first-order valence-electron chi connectivity index (χ1n) is 7.27. The Morgan fingerprint density at radius 3 is 2.65 bits per heavy atom. The molecule has 0 N–H and O–H groups in total. The molecule has 3 heteroatoms. The lowest BCUT2D eigenvalue weighted by Gasteiger charge is -2.08. The summed E-state index contributed by atoms with van der Waals surface area (Å²) < 4.78 is 2.30. The molecule has 0 fully saturated rings. The summed E-state index contributed by atoms with van der Waals surface area (Å²) in [5.41, 5.74) is 3.19. The third-order valence-corrected chi connectivity index (χ3v) is 3.53. The molecule has 0 aliphatic heterocycles. The van der Waals surface area contributed by atoms with Gasteiger partial charge in [0.2, 0.25) is 0 Å². The molecule has 3 aromatic rings. The number of para-hydroxylation sites is 2. The summed E-state index contributed by atoms with van der Waals surface area (Å²) in [6.45, 7) is 3.23. The Kier molecular flexibility index (Phi) is 3.77. The van der Waals surface area contributed by atoms with Crippen LogP contribution in [-0.4, -0.2) is 14.5 Å². The number of nitrogens with zero attached hydrogens (tertiary/aromatic N) is 3. The fourth-order valence-corrected chi connectivity index (χ4v) is 2.51. The van der Waals surface area contributed by atoms with E-state index in [2.05, 4.69) is 34.7 Å². The molecule has 102 valence electrons. The number of unbranched alkanes of at least 4 members (excludes halogenated alkanes) is 2. The van der Waals surface area contributed by atoms with Gasteiger partial charge in [0, 0.05) is 12.7 Å². The van der Waals surface area contributed by atoms with Gasteiger partial charge in [-0.25, -0.2) is 4.98 Å². The van der Waals surface area contributed by atoms with Gasteiger partial charge in [-0.2, -0.15) is 0 Å². The van der Waals surface area contributed by atoms with Gasteiger partial charge in [0.25, 0.3) is 0 Å². The summed E-state index contributed by atoms with van der Waals surface area (Å²) >= 11 is 0. The minimum atomic E-state index is 0.945. The molecule has 20 heavy (non-hydrogen) atoms. The first kappa shape index (κ1) is 12.9. The van der Waals surface area contributed by atoms with Crippen LogP contribution in [0.1, 0.15) is 26.2 Å². The van der Waals surface area contributed by atoms with Crippen LogP contribution in [0.3, 0.4) is 0 Å². The Morgan fingerprint density at radius 1 is 1.00 bits per heavy atom. The van der Waals surface area contributed by atoms with Crippen molar-refractivity contribution in [3.63, 3.8) is 0 Å². The van der Waals surface area contributed by atoms with Crippen LogP contribution in [-0.2, 0) is 6.54 Å². The fourth-order valence-electron chi connectivity index (χ4n) is 2.51. The monoisotopic (exact) mass is 265 g/mol. The van der Waals surface area contributed by atoms with E-state index in [1.807, 2.05) is 30.5 Å². The van der Waals surface area contributed by atoms with Crippen LogP contribution >= 0.6 is 0 Å². The van der Waals surface area contributed by atoms with E-state index in [1.165, 1.54) is 24.8 Å². The van der Waals surface area contributed by atoms with Gasteiger partial charge in [-0.3, -0.25) is 4.98 Å². The molecule has 0 radical (unpaired) electrons. The largest absolute Gasteiger partial charge is 0.323 e. The summed E-state index contributed by atoms with van der Waals surface area (Å²) in [6.07, 6.45) is 5.47. The van der Waals surface area contributed by atoms with Crippen LogP contribution in [0.2, 0.25) is 0 Å². The maximum absolute atomic E-state index is 4.76. The number of aryl methyl sites for hydroxylation is 1. The Hall–Kier alpha value is -2.16. The van der Waals surface area contributed by atoms with Crippen LogP contribution < -0.4 is 0 Å². The Bertz CT molecular complexity index is 686. The predicted octanol–water partition coefficient (Wildman–Crippen LogP) is 4.29. The van der Waals surface area contributed by atoms with Gasteiger partial charge in [0.1, 0.15) is 5.69 Å². The fraction of sp³-hybridized carbons (Fsp3) is 0.294. The molecule has 0 atom stereocenters. The Balaban J connectivity index is 2.08. The molecule has 3 rings (SSSR count). The minimum absolute atomic E-state index is 0.945. The number of pyridine rings is 1. The average Bonchev–Trinajstić information content (AvgIpc) is 2.87. The van der Waals surface area contributed by atoms with Gasteiger partial charge in [-0.15, -0.1) is 0 Å². The molecular weight excluding hydrogens is 246 g/mol. The first-order valence-corrected chi connectivity index (χ1v) is 7.27. The maximum Gasteiger partial charge on any atom is 0.159 e. The SMILES string of the molecule is CCCCCn1c(-c2ccccn2)nc2ccccc21. The van der Waals surface area contributed by atoms with Gasteiger partial charge < -0.3 is 4.57 Å². The number of aromatic nitrogens is 3. The molecule has 2 aromatic heterocycles. The van der Waals surface area contributed by atoms with Gasteiger partial charge in [0.05, 0.1) is 11.0 Å². The van der Waals surface area contributed by atoms with E-state index < -0.39 is 0 Å². The van der Waals surface area contributed by atoms with E-state index in [4.69, 9.17) is 4.98 Å². The van der Waals surface area contributed by atoms with Crippen molar-refractivity contribution in [1.29, 1.82) is 0 Å². The van der Waals surface area contributed by atoms with Gasteiger partial charge in [-0.05, 0) is 30.7 Å². The summed E-state index contributed by atoms with van der Waals surface area (Å²) in [5, 5.41) is 0. The van der Waals surface area contributed by atoms with Crippen LogP contribution in [0.5, 0.6) is 0 Å². The molecule has 0 saturated carbocycles. The van der Waals surface area contributed by atoms with Crippen molar-refractivity contribution in [2.45, 2.75) is 32.7 Å². The number of hydrogen-bond acceptors (Lipinski definition) is 2. The van der Waals surface area contributed by atoms with E-state index in [9.17, 15) is 0 Å². The van der Waals surface area contributed by atoms with E-state index in [-0.39, 0.29) is 0 Å². The lowest BCUT2D eigenvalue weighted by molar-refractivity contribution is 0.616. The second kappa shape index (κ2) is 5.87. The highest BCUT2D eigenvalue weighted by molar-refractivity contribution is 5.79. The molecule has 2 heterocycles. The molecule has 1 aromatic carbocycles. The highest BCUT2D eigenvalue weighted by atomic mass is 15.1. The average molecular weight is 265 g/mol. The smallest absolute Gasteiger partial charge is 0.159 e. The zero-order chi connectivity index (χ0) is 13.8. The molecule has 3 nitrogen and oxygen atoms in total. The Labute approximate surface area is 119 Å². The molecule has 0 amide bonds. The zero-order valence-electron chi connectivity index (χ0n) is 11.8. The van der Waals surface area contributed by atoms with Crippen molar-refractivity contribution in [3.05, 3.63) is 48.7 Å². The second-order valence-corrected chi connectivity index (χ2v) is 5.00. The van der Waals surface area contributed by atoms with Crippen LogP contribution in [0.15, 0.2) is 48.7 Å². The number of rotatable bonds is 5. The van der Waals surface area contributed by atoms with E-state index in [0.717, 1.165) is 23.6 Å². The van der Waals surface area contributed by atoms with Gasteiger partial charge in [-0.1, -0.05) is 38.0 Å². The Morgan fingerprint density at radius 2 is 1.85 bits per heavy atom. The summed E-state index contributed by atoms with van der Waals surface area (Å²) in [7, 11) is 0.